The molecule has 110 valence electrons. The van der Waals surface area contributed by atoms with Gasteiger partial charge in [0.05, 0.1) is 16.4 Å². The third kappa shape index (κ3) is 3.36. The Balaban J connectivity index is 2.49. The molecule has 2 rings (SSSR count). The minimum Gasteiger partial charge on any atom is -0.383 e. The van der Waals surface area contributed by atoms with Crippen molar-refractivity contribution in [1.82, 2.24) is 9.97 Å². The molecule has 0 radical (unpaired) electrons. The van der Waals surface area contributed by atoms with Gasteiger partial charge in [0.15, 0.2) is 0 Å². The molecule has 0 aliphatic heterocycles. The summed E-state index contributed by atoms with van der Waals surface area (Å²) in [5.41, 5.74) is 8.05. The largest absolute Gasteiger partial charge is 0.383 e. The zero-order valence-electron chi connectivity index (χ0n) is 11.8. The number of aromatic nitrogens is 2. The van der Waals surface area contributed by atoms with Crippen LogP contribution in [0, 0.1) is 0 Å². The number of nitrogen functional groups attached to an aromatic ring is 1. The van der Waals surface area contributed by atoms with Crippen LogP contribution in [-0.2, 0) is 0 Å². The molecule has 4 nitrogen and oxygen atoms in total. The Labute approximate surface area is 127 Å². The summed E-state index contributed by atoms with van der Waals surface area (Å²) in [6.45, 7) is 1.75. The first-order valence-corrected chi connectivity index (χ1v) is 6.93. The molecule has 1 atom stereocenters. The molecule has 2 aromatic heterocycles. The molecule has 0 aromatic carbocycles. The van der Waals surface area contributed by atoms with Crippen LogP contribution in [0.1, 0.15) is 30.8 Å². The standard InChI is InChI=1S/C15H16ClFN4/c1-3-12(17)14-11(16)4-5-13(21-14)9-6-10(7-19-2)15(18)20-8-9/h4-8,12H,3H2,1-2H3,(H2,18,20). The lowest BCUT2D eigenvalue weighted by atomic mass is 10.1. The summed E-state index contributed by atoms with van der Waals surface area (Å²) in [6, 6.07) is 5.19. The second-order valence-electron chi connectivity index (χ2n) is 4.53. The van der Waals surface area contributed by atoms with Gasteiger partial charge in [-0.1, -0.05) is 18.5 Å². The topological polar surface area (TPSA) is 64.2 Å². The maximum Gasteiger partial charge on any atom is 0.143 e. The number of hydrogen-bond acceptors (Lipinski definition) is 4. The average Bonchev–Trinajstić information content (AvgIpc) is 2.49. The highest BCUT2D eigenvalue weighted by molar-refractivity contribution is 6.31. The number of aliphatic imine (C=N–C) groups is 1. The van der Waals surface area contributed by atoms with E-state index in [1.165, 1.54) is 0 Å². The van der Waals surface area contributed by atoms with Crippen molar-refractivity contribution in [3.63, 3.8) is 0 Å². The minimum absolute atomic E-state index is 0.249. The van der Waals surface area contributed by atoms with E-state index in [4.69, 9.17) is 17.3 Å². The zero-order chi connectivity index (χ0) is 15.4. The normalized spacial score (nSPS) is 12.8. The number of pyridine rings is 2. The second kappa shape index (κ2) is 6.63. The summed E-state index contributed by atoms with van der Waals surface area (Å²) in [7, 11) is 1.65. The molecule has 2 aromatic rings. The van der Waals surface area contributed by atoms with Crippen LogP contribution >= 0.6 is 11.6 Å². The van der Waals surface area contributed by atoms with Gasteiger partial charge in [-0.25, -0.2) is 14.4 Å². The number of halogens is 2. The number of alkyl halides is 1. The van der Waals surface area contributed by atoms with E-state index in [-0.39, 0.29) is 5.69 Å². The smallest absolute Gasteiger partial charge is 0.143 e. The van der Waals surface area contributed by atoms with Gasteiger partial charge in [-0.2, -0.15) is 0 Å². The third-order valence-electron chi connectivity index (χ3n) is 3.04. The lowest BCUT2D eigenvalue weighted by Crippen LogP contribution is -2.00. The van der Waals surface area contributed by atoms with Gasteiger partial charge in [0.2, 0.25) is 0 Å². The van der Waals surface area contributed by atoms with Crippen LogP contribution in [0.4, 0.5) is 10.2 Å². The Kier molecular flexibility index (Phi) is 4.85. The quantitative estimate of drug-likeness (QED) is 0.873. The Bertz CT molecular complexity index is 673. The molecule has 6 heteroatoms. The van der Waals surface area contributed by atoms with Gasteiger partial charge in [-0.3, -0.25) is 4.99 Å². The molecule has 0 spiro atoms. The van der Waals surface area contributed by atoms with Gasteiger partial charge in [0.25, 0.3) is 0 Å². The molecule has 2 N–H and O–H groups in total. The molecule has 0 saturated carbocycles. The first-order valence-electron chi connectivity index (χ1n) is 6.55. The highest BCUT2D eigenvalue weighted by atomic mass is 35.5. The molecule has 0 saturated heterocycles. The van der Waals surface area contributed by atoms with Gasteiger partial charge in [-0.15, -0.1) is 0 Å². The van der Waals surface area contributed by atoms with E-state index in [2.05, 4.69) is 15.0 Å². The molecule has 0 aliphatic carbocycles. The van der Waals surface area contributed by atoms with Crippen molar-refractivity contribution in [3.05, 3.63) is 40.7 Å². The fourth-order valence-corrected chi connectivity index (χ4v) is 2.13. The predicted molar refractivity (Wildman–Crippen MR) is 84.5 cm³/mol. The summed E-state index contributed by atoms with van der Waals surface area (Å²) in [5, 5.41) is 0.326. The van der Waals surface area contributed by atoms with Crippen LogP contribution < -0.4 is 5.73 Å². The maximum atomic E-state index is 13.9. The van der Waals surface area contributed by atoms with Gasteiger partial charge < -0.3 is 5.73 Å². The van der Waals surface area contributed by atoms with Gasteiger partial charge >= 0.3 is 0 Å². The van der Waals surface area contributed by atoms with E-state index in [0.717, 1.165) is 5.56 Å². The molecule has 0 aliphatic rings. The summed E-state index contributed by atoms with van der Waals surface area (Å²) in [4.78, 5) is 12.4. The molecular weight excluding hydrogens is 291 g/mol. The van der Waals surface area contributed by atoms with Crippen LogP contribution in [0.2, 0.25) is 5.02 Å². The molecule has 21 heavy (non-hydrogen) atoms. The second-order valence-corrected chi connectivity index (χ2v) is 4.93. The molecule has 0 bridgehead atoms. The fraction of sp³-hybridized carbons (Fsp3) is 0.267. The number of anilines is 1. The number of nitrogens with two attached hydrogens (primary N) is 1. The summed E-state index contributed by atoms with van der Waals surface area (Å²) in [5.74, 6) is 0.385. The third-order valence-corrected chi connectivity index (χ3v) is 3.36. The number of hydrogen-bond donors (Lipinski definition) is 1. The van der Waals surface area contributed by atoms with E-state index >= 15 is 0 Å². The highest BCUT2D eigenvalue weighted by Crippen LogP contribution is 2.29. The first-order chi connectivity index (χ1) is 10.1. The van der Waals surface area contributed by atoms with Gasteiger partial charge in [0, 0.05) is 30.6 Å². The highest BCUT2D eigenvalue weighted by Gasteiger charge is 2.15. The van der Waals surface area contributed by atoms with Crippen molar-refractivity contribution in [2.45, 2.75) is 19.5 Å². The Morgan fingerprint density at radius 3 is 2.90 bits per heavy atom. The average molecular weight is 307 g/mol. The van der Waals surface area contributed by atoms with Crippen molar-refractivity contribution < 1.29 is 4.39 Å². The van der Waals surface area contributed by atoms with Gasteiger partial charge in [-0.05, 0) is 24.6 Å². The van der Waals surface area contributed by atoms with E-state index < -0.39 is 6.17 Å². The number of nitrogens with zero attached hydrogens (tertiary/aromatic N) is 3. The zero-order valence-corrected chi connectivity index (χ0v) is 12.6. The maximum absolute atomic E-state index is 13.9. The number of rotatable bonds is 4. The lowest BCUT2D eigenvalue weighted by Gasteiger charge is -2.10. The molecule has 2 heterocycles. The first kappa shape index (κ1) is 15.4. The van der Waals surface area contributed by atoms with Crippen molar-refractivity contribution in [3.8, 4) is 11.3 Å². The monoisotopic (exact) mass is 306 g/mol. The molecule has 0 fully saturated rings. The molecule has 0 amide bonds. The predicted octanol–water partition coefficient (Wildman–Crippen LogP) is 3.85. The SMILES string of the molecule is CCC(F)c1nc(-c2cnc(N)c(C=NC)c2)ccc1Cl. The Hall–Kier alpha value is -2.01. The van der Waals surface area contributed by atoms with Crippen molar-refractivity contribution in [1.29, 1.82) is 0 Å². The van der Waals surface area contributed by atoms with Gasteiger partial charge in [0.1, 0.15) is 12.0 Å². The summed E-state index contributed by atoms with van der Waals surface area (Å²) >= 11 is 6.00. The van der Waals surface area contributed by atoms with Crippen LogP contribution in [0.15, 0.2) is 29.4 Å². The Morgan fingerprint density at radius 2 is 2.24 bits per heavy atom. The van der Waals surface area contributed by atoms with Crippen molar-refractivity contribution >= 4 is 23.6 Å². The summed E-state index contributed by atoms with van der Waals surface area (Å²) < 4.78 is 13.9. The molecule has 1 unspecified atom stereocenters. The van der Waals surface area contributed by atoms with E-state index in [1.807, 2.05) is 6.07 Å². The van der Waals surface area contributed by atoms with Crippen LogP contribution in [-0.4, -0.2) is 23.2 Å². The van der Waals surface area contributed by atoms with Crippen LogP contribution in [0.5, 0.6) is 0 Å². The van der Waals surface area contributed by atoms with Crippen LogP contribution in [0.3, 0.4) is 0 Å². The van der Waals surface area contributed by atoms with E-state index in [0.29, 0.717) is 28.5 Å². The minimum atomic E-state index is -1.18. The van der Waals surface area contributed by atoms with E-state index in [9.17, 15) is 4.39 Å². The Morgan fingerprint density at radius 1 is 1.48 bits per heavy atom. The van der Waals surface area contributed by atoms with Crippen molar-refractivity contribution in [2.24, 2.45) is 4.99 Å². The van der Waals surface area contributed by atoms with E-state index in [1.54, 1.807) is 38.5 Å². The lowest BCUT2D eigenvalue weighted by molar-refractivity contribution is 0.327. The van der Waals surface area contributed by atoms with Crippen molar-refractivity contribution in [2.75, 3.05) is 12.8 Å². The fourth-order valence-electron chi connectivity index (χ4n) is 1.91. The van der Waals surface area contributed by atoms with Crippen LogP contribution in [0.25, 0.3) is 11.3 Å². The molecular formula is C15H16ClFN4. The summed E-state index contributed by atoms with van der Waals surface area (Å²) in [6.07, 6.45) is 2.36.